The van der Waals surface area contributed by atoms with Crippen molar-refractivity contribution in [3.05, 3.63) is 59.9 Å². The standard InChI is InChI=1S/C17H17N3O3S/c1-12-15(9-10-16(12)21)19-13-5-7-14(8-6-13)24(22,23)20-17-4-2-3-11-18-17/h2-8,11,19H,9-10H2,1H3,(H,18,20). The number of carbonyl (C=O) groups is 1. The molecule has 24 heavy (non-hydrogen) atoms. The average Bonchev–Trinajstić information content (AvgIpc) is 2.88. The zero-order valence-electron chi connectivity index (χ0n) is 13.1. The summed E-state index contributed by atoms with van der Waals surface area (Å²) in [7, 11) is -3.68. The van der Waals surface area contributed by atoms with Crippen LogP contribution in [0.5, 0.6) is 0 Å². The average molecular weight is 343 g/mol. The summed E-state index contributed by atoms with van der Waals surface area (Å²) < 4.78 is 27.1. The molecule has 0 fully saturated rings. The van der Waals surface area contributed by atoms with Crippen molar-refractivity contribution in [3.8, 4) is 0 Å². The topological polar surface area (TPSA) is 88.2 Å². The van der Waals surface area contributed by atoms with Crippen molar-refractivity contribution >= 4 is 27.3 Å². The van der Waals surface area contributed by atoms with Crippen LogP contribution in [0.15, 0.2) is 64.8 Å². The SMILES string of the molecule is CC1=C(Nc2ccc(S(=O)(=O)Nc3ccccn3)cc2)CCC1=O. The van der Waals surface area contributed by atoms with Gasteiger partial charge in [0.15, 0.2) is 5.78 Å². The molecule has 3 rings (SSSR count). The normalized spacial score (nSPS) is 14.8. The van der Waals surface area contributed by atoms with Gasteiger partial charge in [0.1, 0.15) is 5.82 Å². The molecule has 1 aliphatic rings. The van der Waals surface area contributed by atoms with Gasteiger partial charge >= 0.3 is 0 Å². The highest BCUT2D eigenvalue weighted by Gasteiger charge is 2.19. The van der Waals surface area contributed by atoms with E-state index < -0.39 is 10.0 Å². The molecule has 0 radical (unpaired) electrons. The molecular weight excluding hydrogens is 326 g/mol. The van der Waals surface area contributed by atoms with E-state index in [0.717, 1.165) is 17.0 Å². The van der Waals surface area contributed by atoms with Crippen LogP contribution in [0.4, 0.5) is 11.5 Å². The summed E-state index contributed by atoms with van der Waals surface area (Å²) in [5.41, 5.74) is 2.38. The van der Waals surface area contributed by atoms with Gasteiger partial charge in [-0.25, -0.2) is 13.4 Å². The Kier molecular flexibility index (Phi) is 4.35. The maximum Gasteiger partial charge on any atom is 0.263 e. The van der Waals surface area contributed by atoms with Gasteiger partial charge in [0.25, 0.3) is 10.0 Å². The molecule has 0 bridgehead atoms. The molecule has 1 aliphatic carbocycles. The largest absolute Gasteiger partial charge is 0.359 e. The number of allylic oxidation sites excluding steroid dienone is 2. The number of hydrogen-bond donors (Lipinski definition) is 2. The van der Waals surface area contributed by atoms with Gasteiger partial charge in [-0.3, -0.25) is 9.52 Å². The lowest BCUT2D eigenvalue weighted by Crippen LogP contribution is -2.13. The second-order valence-electron chi connectivity index (χ2n) is 5.50. The molecule has 1 aromatic heterocycles. The van der Waals surface area contributed by atoms with E-state index in [1.807, 2.05) is 0 Å². The smallest absolute Gasteiger partial charge is 0.263 e. The zero-order chi connectivity index (χ0) is 17.2. The quantitative estimate of drug-likeness (QED) is 0.871. The van der Waals surface area contributed by atoms with E-state index >= 15 is 0 Å². The van der Waals surface area contributed by atoms with Crippen LogP contribution >= 0.6 is 0 Å². The van der Waals surface area contributed by atoms with Crippen LogP contribution in [0.2, 0.25) is 0 Å². The van der Waals surface area contributed by atoms with Gasteiger partial charge < -0.3 is 5.32 Å². The molecule has 124 valence electrons. The summed E-state index contributed by atoms with van der Waals surface area (Å²) in [5, 5.41) is 3.18. The molecule has 1 heterocycles. The van der Waals surface area contributed by atoms with Gasteiger partial charge in [-0.15, -0.1) is 0 Å². The number of sulfonamides is 1. The first-order valence-corrected chi connectivity index (χ1v) is 8.98. The predicted octanol–water partition coefficient (Wildman–Crippen LogP) is 2.93. The number of pyridine rings is 1. The minimum Gasteiger partial charge on any atom is -0.359 e. The molecule has 2 N–H and O–H groups in total. The fraction of sp³-hybridized carbons (Fsp3) is 0.176. The van der Waals surface area contributed by atoms with Crippen molar-refractivity contribution in [1.82, 2.24) is 4.98 Å². The lowest BCUT2D eigenvalue weighted by atomic mass is 10.2. The highest BCUT2D eigenvalue weighted by atomic mass is 32.2. The van der Waals surface area contributed by atoms with Crippen molar-refractivity contribution in [1.29, 1.82) is 0 Å². The number of nitrogens with one attached hydrogen (secondary N) is 2. The number of aromatic nitrogens is 1. The molecule has 0 spiro atoms. The predicted molar refractivity (Wildman–Crippen MR) is 92.1 cm³/mol. The third kappa shape index (κ3) is 3.46. The maximum atomic E-state index is 12.3. The van der Waals surface area contributed by atoms with Crippen LogP contribution in [0.3, 0.4) is 0 Å². The third-order valence-corrected chi connectivity index (χ3v) is 5.21. The van der Waals surface area contributed by atoms with Crippen molar-refractivity contribution in [3.63, 3.8) is 0 Å². The van der Waals surface area contributed by atoms with Crippen LogP contribution in [0, 0.1) is 0 Å². The Bertz CT molecular complexity index is 888. The molecule has 0 saturated carbocycles. The Labute approximate surface area is 140 Å². The van der Waals surface area contributed by atoms with Gasteiger partial charge in [0.05, 0.1) is 4.90 Å². The van der Waals surface area contributed by atoms with Crippen molar-refractivity contribution in [2.24, 2.45) is 0 Å². The number of Topliss-reactive ketones (excluding diaryl/α,β-unsaturated/α-hetero) is 1. The number of hydrogen-bond acceptors (Lipinski definition) is 5. The summed E-state index contributed by atoms with van der Waals surface area (Å²) in [6.45, 7) is 1.80. The number of anilines is 2. The van der Waals surface area contributed by atoms with E-state index in [1.165, 1.54) is 18.3 Å². The first kappa shape index (κ1) is 16.2. The van der Waals surface area contributed by atoms with E-state index in [-0.39, 0.29) is 16.5 Å². The van der Waals surface area contributed by atoms with Gasteiger partial charge in [-0.2, -0.15) is 0 Å². The monoisotopic (exact) mass is 343 g/mol. The number of nitrogens with zero attached hydrogens (tertiary/aromatic N) is 1. The number of ketones is 1. The Balaban J connectivity index is 1.76. The molecule has 0 atom stereocenters. The summed E-state index contributed by atoms with van der Waals surface area (Å²) >= 11 is 0. The molecule has 6 nitrogen and oxygen atoms in total. The summed E-state index contributed by atoms with van der Waals surface area (Å²) in [4.78, 5) is 15.6. The molecule has 7 heteroatoms. The number of benzene rings is 1. The summed E-state index contributed by atoms with van der Waals surface area (Å²) in [6.07, 6.45) is 2.73. The van der Waals surface area contributed by atoms with E-state index in [0.29, 0.717) is 12.8 Å². The van der Waals surface area contributed by atoms with Gasteiger partial charge in [0.2, 0.25) is 0 Å². The van der Waals surface area contributed by atoms with Crippen molar-refractivity contribution in [2.45, 2.75) is 24.7 Å². The van der Waals surface area contributed by atoms with Gasteiger partial charge in [-0.1, -0.05) is 6.07 Å². The van der Waals surface area contributed by atoms with Gasteiger partial charge in [-0.05, 0) is 49.7 Å². The number of rotatable bonds is 5. The van der Waals surface area contributed by atoms with E-state index in [1.54, 1.807) is 37.3 Å². The van der Waals surface area contributed by atoms with Crippen LogP contribution in [0.25, 0.3) is 0 Å². The van der Waals surface area contributed by atoms with E-state index in [2.05, 4.69) is 15.0 Å². The molecule has 2 aromatic rings. The molecule has 0 unspecified atom stereocenters. The highest BCUT2D eigenvalue weighted by molar-refractivity contribution is 7.92. The van der Waals surface area contributed by atoms with Crippen LogP contribution < -0.4 is 10.0 Å². The fourth-order valence-electron chi connectivity index (χ4n) is 2.45. The molecular formula is C17H17N3O3S. The Morgan fingerprint density at radius 2 is 1.79 bits per heavy atom. The third-order valence-electron chi connectivity index (χ3n) is 3.84. The molecule has 0 amide bonds. The summed E-state index contributed by atoms with van der Waals surface area (Å²) in [6, 6.07) is 11.4. The lowest BCUT2D eigenvalue weighted by Gasteiger charge is -2.10. The second-order valence-corrected chi connectivity index (χ2v) is 7.18. The first-order chi connectivity index (χ1) is 11.5. The summed E-state index contributed by atoms with van der Waals surface area (Å²) in [5.74, 6) is 0.418. The highest BCUT2D eigenvalue weighted by Crippen LogP contribution is 2.25. The fourth-order valence-corrected chi connectivity index (χ4v) is 3.46. The Morgan fingerprint density at radius 1 is 1.04 bits per heavy atom. The van der Waals surface area contributed by atoms with E-state index in [9.17, 15) is 13.2 Å². The van der Waals surface area contributed by atoms with Crippen molar-refractivity contribution < 1.29 is 13.2 Å². The second kappa shape index (κ2) is 6.45. The van der Waals surface area contributed by atoms with Crippen LogP contribution in [0.1, 0.15) is 19.8 Å². The Hall–Kier alpha value is -2.67. The Morgan fingerprint density at radius 3 is 2.38 bits per heavy atom. The molecule has 0 aliphatic heterocycles. The first-order valence-electron chi connectivity index (χ1n) is 7.49. The van der Waals surface area contributed by atoms with Gasteiger partial charge in [0, 0.05) is 29.6 Å². The minimum atomic E-state index is -3.68. The van der Waals surface area contributed by atoms with Crippen LogP contribution in [-0.2, 0) is 14.8 Å². The molecule has 1 aromatic carbocycles. The lowest BCUT2D eigenvalue weighted by molar-refractivity contribution is -0.114. The molecule has 0 saturated heterocycles. The minimum absolute atomic E-state index is 0.145. The maximum absolute atomic E-state index is 12.3. The van der Waals surface area contributed by atoms with Crippen molar-refractivity contribution in [2.75, 3.05) is 10.0 Å². The zero-order valence-corrected chi connectivity index (χ0v) is 13.9. The van der Waals surface area contributed by atoms with Crippen LogP contribution in [-0.4, -0.2) is 19.2 Å². The number of carbonyl (C=O) groups excluding carboxylic acids is 1. The van der Waals surface area contributed by atoms with E-state index in [4.69, 9.17) is 0 Å².